The van der Waals surface area contributed by atoms with Gasteiger partial charge in [-0.3, -0.25) is 9.59 Å². The fourth-order valence-electron chi connectivity index (χ4n) is 2.11. The molecule has 0 radical (unpaired) electrons. The van der Waals surface area contributed by atoms with Crippen LogP contribution in [0.2, 0.25) is 0 Å². The van der Waals surface area contributed by atoms with E-state index in [9.17, 15) is 9.59 Å². The van der Waals surface area contributed by atoms with Gasteiger partial charge in [0.05, 0.1) is 0 Å². The molecule has 0 aromatic heterocycles. The fraction of sp³-hybridized carbons (Fsp3) is 0.500. The van der Waals surface area contributed by atoms with E-state index in [0.717, 1.165) is 12.1 Å². The number of methoxy groups -OCH3 is 1. The van der Waals surface area contributed by atoms with Crippen molar-refractivity contribution in [2.45, 2.75) is 20.3 Å². The van der Waals surface area contributed by atoms with Crippen LogP contribution in [-0.2, 0) is 14.3 Å². The number of carbonyl (C=O) groups excluding carboxylic acids is 2. The van der Waals surface area contributed by atoms with Crippen LogP contribution in [0.5, 0.6) is 0 Å². The summed E-state index contributed by atoms with van der Waals surface area (Å²) in [4.78, 5) is 27.3. The Hall–Kier alpha value is -1.88. The van der Waals surface area contributed by atoms with E-state index in [0.29, 0.717) is 19.7 Å². The predicted molar refractivity (Wildman–Crippen MR) is 83.2 cm³/mol. The molecule has 0 aliphatic carbocycles. The summed E-state index contributed by atoms with van der Waals surface area (Å²) in [5.74, 6) is -0.167. The molecule has 5 heteroatoms. The Morgan fingerprint density at radius 2 is 1.86 bits per heavy atom. The summed E-state index contributed by atoms with van der Waals surface area (Å²) in [6.45, 7) is 5.19. The average molecular weight is 292 g/mol. The molecule has 0 spiro atoms. The zero-order valence-electron chi connectivity index (χ0n) is 13.0. The molecule has 0 atom stereocenters. The first-order valence-corrected chi connectivity index (χ1v) is 7.20. The molecule has 2 amide bonds. The summed E-state index contributed by atoms with van der Waals surface area (Å²) in [6.07, 6.45) is 0.723. The Morgan fingerprint density at radius 1 is 1.19 bits per heavy atom. The molecule has 116 valence electrons. The van der Waals surface area contributed by atoms with Crippen LogP contribution in [0.3, 0.4) is 0 Å². The Morgan fingerprint density at radius 3 is 2.38 bits per heavy atom. The van der Waals surface area contributed by atoms with Gasteiger partial charge in [-0.05, 0) is 25.5 Å². The molecule has 0 aliphatic rings. The van der Waals surface area contributed by atoms with E-state index < -0.39 is 0 Å². The van der Waals surface area contributed by atoms with Crippen LogP contribution in [0.4, 0.5) is 5.69 Å². The number of rotatable bonds is 8. The van der Waals surface area contributed by atoms with Crippen molar-refractivity contribution < 1.29 is 14.3 Å². The molecule has 0 heterocycles. The van der Waals surface area contributed by atoms with Crippen molar-refractivity contribution in [3.63, 3.8) is 0 Å². The second-order valence-corrected chi connectivity index (χ2v) is 4.76. The highest BCUT2D eigenvalue weighted by atomic mass is 16.5. The molecule has 1 rings (SSSR count). The van der Waals surface area contributed by atoms with Crippen molar-refractivity contribution >= 4 is 17.5 Å². The number of likely N-dealkylation sites (N-methyl/N-ethyl adjacent to an activating group) is 1. The number of ether oxygens (including phenoxy) is 1. The molecule has 0 aliphatic heterocycles. The van der Waals surface area contributed by atoms with Crippen molar-refractivity contribution in [3.05, 3.63) is 30.3 Å². The SMILES string of the molecule is CCN(C(=O)CN(CCCOC)C(C)=O)c1ccccc1. The average Bonchev–Trinajstić information content (AvgIpc) is 2.48. The summed E-state index contributed by atoms with van der Waals surface area (Å²) in [7, 11) is 1.62. The Kier molecular flexibility index (Phi) is 7.46. The minimum atomic E-state index is -0.0939. The standard InChI is InChI=1S/C16H24N2O3/c1-4-18(15-9-6-5-7-10-15)16(20)13-17(14(2)19)11-8-12-21-3/h5-7,9-10H,4,8,11-13H2,1-3H3. The maximum Gasteiger partial charge on any atom is 0.246 e. The largest absolute Gasteiger partial charge is 0.385 e. The zero-order chi connectivity index (χ0) is 15.7. The van der Waals surface area contributed by atoms with Crippen LogP contribution in [0.15, 0.2) is 30.3 Å². The second kappa shape index (κ2) is 9.13. The third kappa shape index (κ3) is 5.55. The summed E-state index contributed by atoms with van der Waals surface area (Å²) in [6, 6.07) is 9.49. The quantitative estimate of drug-likeness (QED) is 0.688. The highest BCUT2D eigenvalue weighted by molar-refractivity contribution is 5.96. The molecule has 0 unspecified atom stereocenters. The number of hydrogen-bond acceptors (Lipinski definition) is 3. The zero-order valence-corrected chi connectivity index (χ0v) is 13.0. The normalized spacial score (nSPS) is 10.2. The molecular weight excluding hydrogens is 268 g/mol. The molecule has 0 saturated carbocycles. The first-order chi connectivity index (χ1) is 10.1. The lowest BCUT2D eigenvalue weighted by atomic mass is 10.2. The smallest absolute Gasteiger partial charge is 0.246 e. The molecule has 1 aromatic rings. The van der Waals surface area contributed by atoms with Gasteiger partial charge >= 0.3 is 0 Å². The van der Waals surface area contributed by atoms with E-state index in [1.54, 1.807) is 16.9 Å². The van der Waals surface area contributed by atoms with Crippen molar-refractivity contribution in [2.75, 3.05) is 38.3 Å². The van der Waals surface area contributed by atoms with Gasteiger partial charge in [-0.2, -0.15) is 0 Å². The lowest BCUT2D eigenvalue weighted by Gasteiger charge is -2.26. The summed E-state index contributed by atoms with van der Waals surface area (Å²) in [5, 5.41) is 0. The maximum atomic E-state index is 12.4. The number of benzene rings is 1. The van der Waals surface area contributed by atoms with Gasteiger partial charge in [-0.15, -0.1) is 0 Å². The summed E-state index contributed by atoms with van der Waals surface area (Å²) in [5.41, 5.74) is 0.852. The van der Waals surface area contributed by atoms with E-state index in [4.69, 9.17) is 4.74 Å². The van der Waals surface area contributed by atoms with Gasteiger partial charge in [0.2, 0.25) is 11.8 Å². The molecule has 1 aromatic carbocycles. The van der Waals surface area contributed by atoms with Crippen LogP contribution >= 0.6 is 0 Å². The second-order valence-electron chi connectivity index (χ2n) is 4.76. The van der Waals surface area contributed by atoms with E-state index in [2.05, 4.69) is 0 Å². The number of carbonyl (C=O) groups is 2. The van der Waals surface area contributed by atoms with Gasteiger partial charge in [0.1, 0.15) is 6.54 Å². The Balaban J connectivity index is 2.68. The van der Waals surface area contributed by atoms with Crippen LogP contribution in [-0.4, -0.2) is 50.1 Å². The third-order valence-corrected chi connectivity index (χ3v) is 3.23. The third-order valence-electron chi connectivity index (χ3n) is 3.23. The van der Waals surface area contributed by atoms with E-state index in [1.165, 1.54) is 6.92 Å². The van der Waals surface area contributed by atoms with E-state index in [1.807, 2.05) is 37.3 Å². The van der Waals surface area contributed by atoms with Crippen molar-refractivity contribution in [2.24, 2.45) is 0 Å². The van der Waals surface area contributed by atoms with Crippen LogP contribution in [0.25, 0.3) is 0 Å². The first kappa shape index (κ1) is 17.2. The molecular formula is C16H24N2O3. The maximum absolute atomic E-state index is 12.4. The van der Waals surface area contributed by atoms with Gasteiger partial charge in [-0.1, -0.05) is 18.2 Å². The number of hydrogen-bond donors (Lipinski definition) is 0. The molecule has 0 fully saturated rings. The lowest BCUT2D eigenvalue weighted by molar-refractivity contribution is -0.133. The van der Waals surface area contributed by atoms with E-state index >= 15 is 0 Å². The summed E-state index contributed by atoms with van der Waals surface area (Å²) >= 11 is 0. The van der Waals surface area contributed by atoms with Crippen LogP contribution in [0.1, 0.15) is 20.3 Å². The van der Waals surface area contributed by atoms with Gasteiger partial charge in [0.15, 0.2) is 0 Å². The molecule has 21 heavy (non-hydrogen) atoms. The highest BCUT2D eigenvalue weighted by Crippen LogP contribution is 2.13. The fourth-order valence-corrected chi connectivity index (χ4v) is 2.11. The first-order valence-electron chi connectivity index (χ1n) is 7.20. The Labute approximate surface area is 126 Å². The monoisotopic (exact) mass is 292 g/mol. The summed E-state index contributed by atoms with van der Waals surface area (Å²) < 4.78 is 4.98. The van der Waals surface area contributed by atoms with Crippen molar-refractivity contribution in [1.29, 1.82) is 0 Å². The molecule has 0 N–H and O–H groups in total. The molecule has 0 saturated heterocycles. The number of anilines is 1. The lowest BCUT2D eigenvalue weighted by Crippen LogP contribution is -2.42. The van der Waals surface area contributed by atoms with Gasteiger partial charge in [0, 0.05) is 39.4 Å². The van der Waals surface area contributed by atoms with Crippen LogP contribution < -0.4 is 4.90 Å². The van der Waals surface area contributed by atoms with Crippen LogP contribution in [0, 0.1) is 0 Å². The molecule has 0 bridgehead atoms. The minimum Gasteiger partial charge on any atom is -0.385 e. The highest BCUT2D eigenvalue weighted by Gasteiger charge is 2.19. The number of amides is 2. The molecule has 5 nitrogen and oxygen atoms in total. The van der Waals surface area contributed by atoms with Gasteiger partial charge in [0.25, 0.3) is 0 Å². The topological polar surface area (TPSA) is 49.9 Å². The Bertz CT molecular complexity index is 448. The van der Waals surface area contributed by atoms with Crippen molar-refractivity contribution in [1.82, 2.24) is 4.90 Å². The van der Waals surface area contributed by atoms with Gasteiger partial charge in [-0.25, -0.2) is 0 Å². The van der Waals surface area contributed by atoms with Crippen molar-refractivity contribution in [3.8, 4) is 0 Å². The predicted octanol–water partition coefficient (Wildman–Crippen LogP) is 1.92. The van der Waals surface area contributed by atoms with Gasteiger partial charge < -0.3 is 14.5 Å². The van der Waals surface area contributed by atoms with E-state index in [-0.39, 0.29) is 18.4 Å². The minimum absolute atomic E-state index is 0.0729. The number of para-hydroxylation sites is 1. The number of nitrogens with zero attached hydrogens (tertiary/aromatic N) is 2.